The van der Waals surface area contributed by atoms with Crippen molar-refractivity contribution in [2.75, 3.05) is 0 Å². The number of hydrogen-bond donors (Lipinski definition) is 1. The summed E-state index contributed by atoms with van der Waals surface area (Å²) in [6, 6.07) is 0. The predicted molar refractivity (Wildman–Crippen MR) is 54.0 cm³/mol. The average Bonchev–Trinajstić information content (AvgIpc) is 1.98. The van der Waals surface area contributed by atoms with Gasteiger partial charge in [-0.2, -0.15) is 0 Å². The molecule has 12 heavy (non-hydrogen) atoms. The Morgan fingerprint density at radius 1 is 1.25 bits per heavy atom. The lowest BCUT2D eigenvalue weighted by atomic mass is 9.96. The fourth-order valence-electron chi connectivity index (χ4n) is 1.06. The summed E-state index contributed by atoms with van der Waals surface area (Å²) in [7, 11) is 0. The van der Waals surface area contributed by atoms with Crippen molar-refractivity contribution in [2.24, 2.45) is 11.8 Å². The van der Waals surface area contributed by atoms with Gasteiger partial charge in [-0.3, -0.25) is 0 Å². The molecule has 0 spiro atoms. The van der Waals surface area contributed by atoms with Crippen molar-refractivity contribution < 1.29 is 5.11 Å². The summed E-state index contributed by atoms with van der Waals surface area (Å²) in [4.78, 5) is 0. The second kappa shape index (κ2) is 5.15. The lowest BCUT2D eigenvalue weighted by Gasteiger charge is -2.16. The number of aliphatic hydroxyl groups is 1. The van der Waals surface area contributed by atoms with Gasteiger partial charge in [0.2, 0.25) is 0 Å². The molecule has 0 aliphatic carbocycles. The lowest BCUT2D eigenvalue weighted by Crippen LogP contribution is -2.16. The second-order valence-electron chi connectivity index (χ2n) is 3.80. The number of allylic oxidation sites excluding steroid dienone is 1. The minimum absolute atomic E-state index is 0.257. The molecule has 1 heteroatoms. The van der Waals surface area contributed by atoms with Crippen LogP contribution < -0.4 is 0 Å². The van der Waals surface area contributed by atoms with Gasteiger partial charge in [0.25, 0.3) is 0 Å². The Balaban J connectivity index is 4.44. The molecule has 0 aromatic carbocycles. The molecule has 0 aromatic heterocycles. The molecule has 70 valence electrons. The molecule has 0 bridgehead atoms. The lowest BCUT2D eigenvalue weighted by molar-refractivity contribution is 0.163. The SMILES string of the molecule is C=C/C(=C\C(C)C)[C@@H](O)C(C)C. The maximum atomic E-state index is 9.70. The fourth-order valence-corrected chi connectivity index (χ4v) is 1.06. The van der Waals surface area contributed by atoms with E-state index >= 15 is 0 Å². The van der Waals surface area contributed by atoms with Crippen molar-refractivity contribution in [3.05, 3.63) is 24.3 Å². The van der Waals surface area contributed by atoms with Gasteiger partial charge in [0, 0.05) is 0 Å². The molecule has 1 N–H and O–H groups in total. The first-order chi connectivity index (χ1) is 5.49. The minimum Gasteiger partial charge on any atom is -0.388 e. The minimum atomic E-state index is -0.370. The van der Waals surface area contributed by atoms with Crippen LogP contribution in [0.5, 0.6) is 0 Å². The molecule has 0 aromatic rings. The summed E-state index contributed by atoms with van der Waals surface area (Å²) < 4.78 is 0. The molecular weight excluding hydrogens is 148 g/mol. The van der Waals surface area contributed by atoms with Gasteiger partial charge in [-0.15, -0.1) is 0 Å². The second-order valence-corrected chi connectivity index (χ2v) is 3.80. The van der Waals surface area contributed by atoms with Gasteiger partial charge in [-0.25, -0.2) is 0 Å². The quantitative estimate of drug-likeness (QED) is 0.640. The molecule has 1 nitrogen and oxygen atoms in total. The van der Waals surface area contributed by atoms with E-state index < -0.39 is 0 Å². The third-order valence-corrected chi connectivity index (χ3v) is 1.73. The van der Waals surface area contributed by atoms with Crippen LogP contribution in [0.15, 0.2) is 24.3 Å². The first-order valence-electron chi connectivity index (χ1n) is 4.51. The van der Waals surface area contributed by atoms with E-state index in [2.05, 4.69) is 26.5 Å². The van der Waals surface area contributed by atoms with Gasteiger partial charge in [-0.05, 0) is 17.4 Å². The van der Waals surface area contributed by atoms with Crippen LogP contribution in [0.25, 0.3) is 0 Å². The molecule has 0 rings (SSSR count). The molecular formula is C11H20O. The molecule has 0 aliphatic heterocycles. The van der Waals surface area contributed by atoms with Crippen LogP contribution in [-0.4, -0.2) is 11.2 Å². The van der Waals surface area contributed by atoms with Crippen molar-refractivity contribution in [3.8, 4) is 0 Å². The standard InChI is InChI=1S/C11H20O/c1-6-10(7-8(2)3)11(12)9(4)5/h6-9,11-12H,1H2,2-5H3/b10-7+/t11-/m0/s1. The van der Waals surface area contributed by atoms with Crippen molar-refractivity contribution in [2.45, 2.75) is 33.8 Å². The Kier molecular flexibility index (Phi) is 4.91. The van der Waals surface area contributed by atoms with Crippen LogP contribution in [-0.2, 0) is 0 Å². The third kappa shape index (κ3) is 3.72. The Morgan fingerprint density at radius 2 is 1.75 bits per heavy atom. The van der Waals surface area contributed by atoms with Crippen LogP contribution in [0.3, 0.4) is 0 Å². The van der Waals surface area contributed by atoms with E-state index in [1.807, 2.05) is 13.8 Å². The van der Waals surface area contributed by atoms with Crippen LogP contribution >= 0.6 is 0 Å². The van der Waals surface area contributed by atoms with E-state index in [0.717, 1.165) is 5.57 Å². The Labute approximate surface area is 75.8 Å². The third-order valence-electron chi connectivity index (χ3n) is 1.73. The van der Waals surface area contributed by atoms with E-state index in [0.29, 0.717) is 5.92 Å². The summed E-state index contributed by atoms with van der Waals surface area (Å²) in [5.41, 5.74) is 0.944. The zero-order valence-electron chi connectivity index (χ0n) is 8.54. The first-order valence-corrected chi connectivity index (χ1v) is 4.51. The van der Waals surface area contributed by atoms with Crippen molar-refractivity contribution in [1.29, 1.82) is 0 Å². The monoisotopic (exact) mass is 168 g/mol. The average molecular weight is 168 g/mol. The van der Waals surface area contributed by atoms with Crippen molar-refractivity contribution in [1.82, 2.24) is 0 Å². The number of hydrogen-bond acceptors (Lipinski definition) is 1. The van der Waals surface area contributed by atoms with Crippen LogP contribution in [0.4, 0.5) is 0 Å². The molecule has 0 amide bonds. The number of aliphatic hydroxyl groups excluding tert-OH is 1. The molecule has 0 radical (unpaired) electrons. The summed E-state index contributed by atoms with van der Waals surface area (Å²) in [6.07, 6.45) is 3.42. The van der Waals surface area contributed by atoms with Gasteiger partial charge in [0.05, 0.1) is 6.10 Å². The molecule has 0 saturated heterocycles. The molecule has 1 atom stereocenters. The van der Waals surface area contributed by atoms with E-state index in [4.69, 9.17) is 0 Å². The zero-order valence-corrected chi connectivity index (χ0v) is 8.54. The Bertz CT molecular complexity index is 166. The smallest absolute Gasteiger partial charge is 0.0809 e. The molecule has 0 saturated carbocycles. The molecule has 0 aliphatic rings. The fraction of sp³-hybridized carbons (Fsp3) is 0.636. The van der Waals surface area contributed by atoms with Gasteiger partial charge in [-0.1, -0.05) is 46.4 Å². The predicted octanol–water partition coefficient (Wildman–Crippen LogP) is 2.77. The normalized spacial score (nSPS) is 15.4. The maximum Gasteiger partial charge on any atom is 0.0809 e. The molecule has 0 fully saturated rings. The molecule has 0 heterocycles. The van der Waals surface area contributed by atoms with Gasteiger partial charge >= 0.3 is 0 Å². The summed E-state index contributed by atoms with van der Waals surface area (Å²) in [5, 5.41) is 9.70. The van der Waals surface area contributed by atoms with Crippen LogP contribution in [0.2, 0.25) is 0 Å². The highest BCUT2D eigenvalue weighted by atomic mass is 16.3. The Hall–Kier alpha value is -0.560. The van der Waals surface area contributed by atoms with E-state index in [9.17, 15) is 5.11 Å². The maximum absolute atomic E-state index is 9.70. The zero-order chi connectivity index (χ0) is 9.72. The van der Waals surface area contributed by atoms with E-state index in [1.54, 1.807) is 6.08 Å². The van der Waals surface area contributed by atoms with Gasteiger partial charge in [0.15, 0.2) is 0 Å². The largest absolute Gasteiger partial charge is 0.388 e. The Morgan fingerprint density at radius 3 is 2.00 bits per heavy atom. The van der Waals surface area contributed by atoms with Crippen LogP contribution in [0.1, 0.15) is 27.7 Å². The summed E-state index contributed by atoms with van der Waals surface area (Å²) >= 11 is 0. The highest BCUT2D eigenvalue weighted by Crippen LogP contribution is 2.14. The van der Waals surface area contributed by atoms with Crippen molar-refractivity contribution in [3.63, 3.8) is 0 Å². The first kappa shape index (κ1) is 11.4. The summed E-state index contributed by atoms with van der Waals surface area (Å²) in [5.74, 6) is 0.722. The number of rotatable bonds is 4. The topological polar surface area (TPSA) is 20.2 Å². The van der Waals surface area contributed by atoms with Gasteiger partial charge < -0.3 is 5.11 Å². The van der Waals surface area contributed by atoms with Crippen molar-refractivity contribution >= 4 is 0 Å². The molecule has 0 unspecified atom stereocenters. The highest BCUT2D eigenvalue weighted by molar-refractivity contribution is 5.21. The van der Waals surface area contributed by atoms with E-state index in [1.165, 1.54) is 0 Å². The van der Waals surface area contributed by atoms with Gasteiger partial charge in [0.1, 0.15) is 0 Å². The van der Waals surface area contributed by atoms with E-state index in [-0.39, 0.29) is 12.0 Å². The highest BCUT2D eigenvalue weighted by Gasteiger charge is 2.12. The summed E-state index contributed by atoms with van der Waals surface area (Å²) in [6.45, 7) is 11.9. The van der Waals surface area contributed by atoms with Crippen LogP contribution in [0, 0.1) is 11.8 Å².